The molecule has 0 radical (unpaired) electrons. The summed E-state index contributed by atoms with van der Waals surface area (Å²) in [5, 5.41) is 0. The van der Waals surface area contributed by atoms with E-state index in [2.05, 4.69) is 6.92 Å². The number of amides is 2. The van der Waals surface area contributed by atoms with Gasteiger partial charge >= 0.3 is 0 Å². The van der Waals surface area contributed by atoms with Crippen LogP contribution in [0.1, 0.15) is 58.8 Å². The second kappa shape index (κ2) is 7.81. The minimum absolute atomic E-state index is 0.0182. The van der Waals surface area contributed by atoms with E-state index in [1.165, 1.54) is 6.42 Å². The third kappa shape index (κ3) is 4.21. The SMILES string of the molecule is CCC(CC(C)C(=O)N1CCCC1)C(=O)N1CCCCC1. The lowest BCUT2D eigenvalue weighted by Gasteiger charge is -2.31. The summed E-state index contributed by atoms with van der Waals surface area (Å²) in [6.07, 6.45) is 7.30. The molecule has 0 aromatic rings. The van der Waals surface area contributed by atoms with Gasteiger partial charge in [-0.1, -0.05) is 13.8 Å². The molecule has 4 heteroatoms. The van der Waals surface area contributed by atoms with Crippen molar-refractivity contribution in [2.24, 2.45) is 11.8 Å². The Morgan fingerprint density at radius 3 is 1.86 bits per heavy atom. The van der Waals surface area contributed by atoms with E-state index in [-0.39, 0.29) is 23.7 Å². The summed E-state index contributed by atoms with van der Waals surface area (Å²) in [6, 6.07) is 0. The number of nitrogens with zero attached hydrogens (tertiary/aromatic N) is 2. The first-order valence-electron chi connectivity index (χ1n) is 8.71. The van der Waals surface area contributed by atoms with E-state index >= 15 is 0 Å². The number of likely N-dealkylation sites (tertiary alicyclic amines) is 2. The number of carbonyl (C=O) groups is 2. The predicted octanol–water partition coefficient (Wildman–Crippen LogP) is 2.67. The zero-order valence-corrected chi connectivity index (χ0v) is 13.6. The zero-order chi connectivity index (χ0) is 15.2. The van der Waals surface area contributed by atoms with Gasteiger partial charge < -0.3 is 9.80 Å². The molecule has 2 saturated heterocycles. The van der Waals surface area contributed by atoms with Gasteiger partial charge in [-0.25, -0.2) is 0 Å². The summed E-state index contributed by atoms with van der Waals surface area (Å²) >= 11 is 0. The summed E-state index contributed by atoms with van der Waals surface area (Å²) in [5.74, 6) is 0.516. The van der Waals surface area contributed by atoms with Crippen molar-refractivity contribution in [3.8, 4) is 0 Å². The normalized spacial score (nSPS) is 22.2. The lowest BCUT2D eigenvalue weighted by atomic mass is 9.91. The summed E-state index contributed by atoms with van der Waals surface area (Å²) in [5.41, 5.74) is 0. The minimum Gasteiger partial charge on any atom is -0.342 e. The molecule has 2 rings (SSSR count). The van der Waals surface area contributed by atoms with Crippen molar-refractivity contribution < 1.29 is 9.59 Å². The van der Waals surface area contributed by atoms with Gasteiger partial charge in [-0.2, -0.15) is 0 Å². The van der Waals surface area contributed by atoms with Crippen molar-refractivity contribution in [3.63, 3.8) is 0 Å². The molecule has 0 N–H and O–H groups in total. The third-order valence-corrected chi connectivity index (χ3v) is 4.99. The largest absolute Gasteiger partial charge is 0.342 e. The van der Waals surface area contributed by atoms with Gasteiger partial charge in [0.25, 0.3) is 0 Å². The van der Waals surface area contributed by atoms with Crippen molar-refractivity contribution in [1.29, 1.82) is 0 Å². The Morgan fingerprint density at radius 1 is 0.857 bits per heavy atom. The number of rotatable bonds is 5. The van der Waals surface area contributed by atoms with Gasteiger partial charge in [0.05, 0.1) is 0 Å². The molecule has 21 heavy (non-hydrogen) atoms. The summed E-state index contributed by atoms with van der Waals surface area (Å²) in [7, 11) is 0. The van der Waals surface area contributed by atoms with Crippen LogP contribution < -0.4 is 0 Å². The number of hydrogen-bond acceptors (Lipinski definition) is 2. The topological polar surface area (TPSA) is 40.6 Å². The van der Waals surface area contributed by atoms with Crippen LogP contribution >= 0.6 is 0 Å². The molecule has 2 atom stereocenters. The molecule has 0 spiro atoms. The third-order valence-electron chi connectivity index (χ3n) is 4.99. The second-order valence-corrected chi connectivity index (χ2v) is 6.66. The van der Waals surface area contributed by atoms with Gasteiger partial charge in [0.15, 0.2) is 0 Å². The molecular weight excluding hydrogens is 264 g/mol. The van der Waals surface area contributed by atoms with Gasteiger partial charge in [-0.15, -0.1) is 0 Å². The van der Waals surface area contributed by atoms with Gasteiger partial charge in [0.2, 0.25) is 11.8 Å². The zero-order valence-electron chi connectivity index (χ0n) is 13.6. The Balaban J connectivity index is 1.87. The molecule has 0 aromatic carbocycles. The number of hydrogen-bond donors (Lipinski definition) is 0. The molecule has 0 saturated carbocycles. The fourth-order valence-corrected chi connectivity index (χ4v) is 3.59. The Bertz CT molecular complexity index is 358. The second-order valence-electron chi connectivity index (χ2n) is 6.66. The van der Waals surface area contributed by atoms with Crippen LogP contribution in [0.5, 0.6) is 0 Å². The highest BCUT2D eigenvalue weighted by Gasteiger charge is 2.30. The molecule has 4 nitrogen and oxygen atoms in total. The molecule has 0 aromatic heterocycles. The molecule has 2 aliphatic rings. The van der Waals surface area contributed by atoms with Crippen LogP contribution in [0, 0.1) is 11.8 Å². The van der Waals surface area contributed by atoms with Crippen molar-refractivity contribution in [3.05, 3.63) is 0 Å². The lowest BCUT2D eigenvalue weighted by Crippen LogP contribution is -2.41. The molecule has 2 heterocycles. The summed E-state index contributed by atoms with van der Waals surface area (Å²) in [4.78, 5) is 29.0. The standard InChI is InChI=1S/C17H30N2O2/c1-3-15(17(21)19-9-5-4-6-10-19)13-14(2)16(20)18-11-7-8-12-18/h14-15H,3-13H2,1-2H3. The Morgan fingerprint density at radius 2 is 1.33 bits per heavy atom. The fraction of sp³-hybridized carbons (Fsp3) is 0.882. The predicted molar refractivity (Wildman–Crippen MR) is 83.8 cm³/mol. The maximum atomic E-state index is 12.6. The average Bonchev–Trinajstić information content (AvgIpc) is 3.06. The maximum absolute atomic E-state index is 12.6. The van der Waals surface area contributed by atoms with E-state index in [0.717, 1.165) is 58.3 Å². The van der Waals surface area contributed by atoms with E-state index in [1.54, 1.807) is 0 Å². The molecule has 2 unspecified atom stereocenters. The molecule has 120 valence electrons. The van der Waals surface area contributed by atoms with Gasteiger partial charge in [-0.05, 0) is 44.9 Å². The average molecular weight is 294 g/mol. The Labute approximate surface area is 128 Å². The highest BCUT2D eigenvalue weighted by atomic mass is 16.2. The van der Waals surface area contributed by atoms with Crippen LogP contribution in [0.2, 0.25) is 0 Å². The Hall–Kier alpha value is -1.06. The van der Waals surface area contributed by atoms with Crippen LogP contribution in [0.4, 0.5) is 0 Å². The minimum atomic E-state index is -0.0261. The van der Waals surface area contributed by atoms with Crippen molar-refractivity contribution in [2.75, 3.05) is 26.2 Å². The number of piperidine rings is 1. The van der Waals surface area contributed by atoms with Crippen molar-refractivity contribution in [1.82, 2.24) is 9.80 Å². The number of carbonyl (C=O) groups excluding carboxylic acids is 2. The molecule has 2 aliphatic heterocycles. The molecule has 2 fully saturated rings. The highest BCUT2D eigenvalue weighted by molar-refractivity contribution is 5.82. The van der Waals surface area contributed by atoms with E-state index < -0.39 is 0 Å². The van der Waals surface area contributed by atoms with E-state index in [0.29, 0.717) is 6.42 Å². The summed E-state index contributed by atoms with van der Waals surface area (Å²) < 4.78 is 0. The molecule has 0 bridgehead atoms. The van der Waals surface area contributed by atoms with Crippen LogP contribution in [0.3, 0.4) is 0 Å². The molecular formula is C17H30N2O2. The first kappa shape index (κ1) is 16.3. The van der Waals surface area contributed by atoms with E-state index in [9.17, 15) is 9.59 Å². The maximum Gasteiger partial charge on any atom is 0.225 e. The van der Waals surface area contributed by atoms with Crippen LogP contribution in [-0.4, -0.2) is 47.8 Å². The van der Waals surface area contributed by atoms with Gasteiger partial charge in [0, 0.05) is 38.0 Å². The van der Waals surface area contributed by atoms with Crippen molar-refractivity contribution >= 4 is 11.8 Å². The first-order chi connectivity index (χ1) is 10.1. The van der Waals surface area contributed by atoms with E-state index in [1.807, 2.05) is 16.7 Å². The van der Waals surface area contributed by atoms with Gasteiger partial charge in [-0.3, -0.25) is 9.59 Å². The Kier molecular flexibility index (Phi) is 6.07. The lowest BCUT2D eigenvalue weighted by molar-refractivity contribution is -0.139. The first-order valence-corrected chi connectivity index (χ1v) is 8.71. The van der Waals surface area contributed by atoms with Gasteiger partial charge in [0.1, 0.15) is 0 Å². The monoisotopic (exact) mass is 294 g/mol. The van der Waals surface area contributed by atoms with Crippen LogP contribution in [0.15, 0.2) is 0 Å². The molecule has 2 amide bonds. The smallest absolute Gasteiger partial charge is 0.225 e. The van der Waals surface area contributed by atoms with Crippen LogP contribution in [-0.2, 0) is 9.59 Å². The quantitative estimate of drug-likeness (QED) is 0.782. The fourth-order valence-electron chi connectivity index (χ4n) is 3.59. The highest BCUT2D eigenvalue weighted by Crippen LogP contribution is 2.23. The van der Waals surface area contributed by atoms with Crippen molar-refractivity contribution in [2.45, 2.75) is 58.8 Å². The molecule has 0 aliphatic carbocycles. The summed E-state index contributed by atoms with van der Waals surface area (Å²) in [6.45, 7) is 7.68. The van der Waals surface area contributed by atoms with E-state index in [4.69, 9.17) is 0 Å². The van der Waals surface area contributed by atoms with Crippen LogP contribution in [0.25, 0.3) is 0 Å².